The quantitative estimate of drug-likeness (QED) is 0.730. The van der Waals surface area contributed by atoms with Gasteiger partial charge < -0.3 is 24.4 Å². The highest BCUT2D eigenvalue weighted by Crippen LogP contribution is 2.27. The average Bonchev–Trinajstić information content (AvgIpc) is 2.95. The van der Waals surface area contributed by atoms with Crippen LogP contribution in [0.15, 0.2) is 12.3 Å². The maximum Gasteiger partial charge on any atom is 0.228 e. The number of aliphatic hydroxyl groups is 1. The van der Waals surface area contributed by atoms with Gasteiger partial charge in [0.25, 0.3) is 0 Å². The molecule has 0 aromatic carbocycles. The van der Waals surface area contributed by atoms with Crippen LogP contribution in [-0.2, 0) is 4.74 Å². The van der Waals surface area contributed by atoms with Gasteiger partial charge in [-0.1, -0.05) is 0 Å². The van der Waals surface area contributed by atoms with Crippen molar-refractivity contribution in [2.45, 2.75) is 0 Å². The first kappa shape index (κ1) is 16.9. The predicted molar refractivity (Wildman–Crippen MR) is 84.2 cm³/mol. The Bertz CT molecular complexity index is 460. The molecule has 124 valence electrons. The molecule has 1 saturated heterocycles. The molecule has 0 unspecified atom stereocenters. The van der Waals surface area contributed by atoms with Gasteiger partial charge in [0.1, 0.15) is 0 Å². The van der Waals surface area contributed by atoms with Crippen LogP contribution in [0.3, 0.4) is 0 Å². The summed E-state index contributed by atoms with van der Waals surface area (Å²) in [4.78, 5) is 13.1. The highest BCUT2D eigenvalue weighted by atomic mass is 16.5. The Morgan fingerprint density at radius 2 is 2.14 bits per heavy atom. The van der Waals surface area contributed by atoms with E-state index in [0.29, 0.717) is 17.7 Å². The zero-order valence-corrected chi connectivity index (χ0v) is 13.6. The Morgan fingerprint density at radius 1 is 1.36 bits per heavy atom. The normalized spacial score (nSPS) is 21.6. The van der Waals surface area contributed by atoms with Crippen molar-refractivity contribution in [3.05, 3.63) is 12.3 Å². The third-order valence-electron chi connectivity index (χ3n) is 4.14. The second-order valence-electron chi connectivity index (χ2n) is 5.76. The Morgan fingerprint density at radius 3 is 2.82 bits per heavy atom. The number of ether oxygens (including phenoxy) is 2. The Balaban J connectivity index is 1.98. The summed E-state index contributed by atoms with van der Waals surface area (Å²) in [5.41, 5.74) is 0. The van der Waals surface area contributed by atoms with Crippen LogP contribution >= 0.6 is 0 Å². The molecule has 1 fully saturated rings. The van der Waals surface area contributed by atoms with Crippen LogP contribution in [-0.4, -0.2) is 80.6 Å². The van der Waals surface area contributed by atoms with E-state index in [0.717, 1.165) is 32.8 Å². The largest absolute Gasteiger partial charge is 0.481 e. The smallest absolute Gasteiger partial charge is 0.228 e. The number of likely N-dealkylation sites (N-methyl/N-ethyl adjacent to an activating group) is 1. The maximum atomic E-state index is 9.66. The number of methoxy groups -OCH3 is 2. The summed E-state index contributed by atoms with van der Waals surface area (Å²) in [6.45, 7) is 4.33. The van der Waals surface area contributed by atoms with Gasteiger partial charge in [0.2, 0.25) is 11.8 Å². The molecule has 1 aromatic heterocycles. The van der Waals surface area contributed by atoms with Crippen LogP contribution in [0.5, 0.6) is 5.88 Å². The molecule has 0 spiro atoms. The van der Waals surface area contributed by atoms with E-state index in [-0.39, 0.29) is 12.5 Å². The zero-order valence-electron chi connectivity index (χ0n) is 13.6. The molecule has 2 heterocycles. The third-order valence-corrected chi connectivity index (χ3v) is 4.14. The topological polar surface area (TPSA) is 71.0 Å². The molecule has 2 rings (SSSR count). The second kappa shape index (κ2) is 8.26. The fraction of sp³-hybridized carbons (Fsp3) is 0.733. The molecule has 1 aliphatic heterocycles. The average molecular weight is 310 g/mol. The van der Waals surface area contributed by atoms with Gasteiger partial charge in [-0.2, -0.15) is 4.98 Å². The molecule has 1 N–H and O–H groups in total. The number of rotatable bonds is 8. The number of aromatic nitrogens is 2. The number of hydrogen-bond donors (Lipinski definition) is 1. The SMILES string of the molecule is COCCN(C)C[C@@H]1CN(c2nccc(OC)n2)C[C@@H]1CO. The lowest BCUT2D eigenvalue weighted by molar-refractivity contribution is 0.136. The molecule has 1 aliphatic rings. The molecule has 0 aliphatic carbocycles. The summed E-state index contributed by atoms with van der Waals surface area (Å²) in [6, 6.07) is 1.74. The highest BCUT2D eigenvalue weighted by molar-refractivity contribution is 5.34. The van der Waals surface area contributed by atoms with Crippen LogP contribution in [0, 0.1) is 11.8 Å². The van der Waals surface area contributed by atoms with E-state index in [9.17, 15) is 5.11 Å². The molecule has 7 nitrogen and oxygen atoms in total. The Kier molecular flexibility index (Phi) is 6.35. The van der Waals surface area contributed by atoms with Crippen molar-refractivity contribution in [2.24, 2.45) is 11.8 Å². The van der Waals surface area contributed by atoms with Crippen molar-refractivity contribution in [2.75, 3.05) is 65.6 Å². The van der Waals surface area contributed by atoms with Crippen LogP contribution in [0.25, 0.3) is 0 Å². The minimum atomic E-state index is 0.184. The van der Waals surface area contributed by atoms with Crippen LogP contribution in [0.1, 0.15) is 0 Å². The van der Waals surface area contributed by atoms with Gasteiger partial charge in [-0.3, -0.25) is 0 Å². The lowest BCUT2D eigenvalue weighted by atomic mass is 9.96. The van der Waals surface area contributed by atoms with E-state index < -0.39 is 0 Å². The van der Waals surface area contributed by atoms with Gasteiger partial charge in [0, 0.05) is 58.1 Å². The van der Waals surface area contributed by atoms with Gasteiger partial charge in [0.15, 0.2) is 0 Å². The Labute approximate surface area is 131 Å². The monoisotopic (exact) mass is 310 g/mol. The van der Waals surface area contributed by atoms with Gasteiger partial charge in [0.05, 0.1) is 13.7 Å². The van der Waals surface area contributed by atoms with Crippen LogP contribution < -0.4 is 9.64 Å². The zero-order chi connectivity index (χ0) is 15.9. The van der Waals surface area contributed by atoms with E-state index >= 15 is 0 Å². The standard InChI is InChI=1S/C15H26N4O3/c1-18(6-7-21-2)8-12-9-19(10-13(12)11-20)15-16-5-4-14(17-15)22-3/h4-5,12-13,20H,6-11H2,1-3H3/t12-,13-/m1/s1. The van der Waals surface area contributed by atoms with Gasteiger partial charge in [-0.05, 0) is 13.0 Å². The number of hydrogen-bond acceptors (Lipinski definition) is 7. The first-order valence-electron chi connectivity index (χ1n) is 7.58. The molecule has 0 radical (unpaired) electrons. The van der Waals surface area contributed by atoms with Crippen LogP contribution in [0.4, 0.5) is 5.95 Å². The summed E-state index contributed by atoms with van der Waals surface area (Å²) in [5.74, 6) is 1.85. The van der Waals surface area contributed by atoms with E-state index in [2.05, 4.69) is 26.8 Å². The molecule has 0 amide bonds. The van der Waals surface area contributed by atoms with Crippen molar-refractivity contribution in [3.8, 4) is 5.88 Å². The molecule has 0 saturated carbocycles. The molecular weight excluding hydrogens is 284 g/mol. The van der Waals surface area contributed by atoms with Crippen molar-refractivity contribution >= 4 is 5.95 Å². The lowest BCUT2D eigenvalue weighted by Crippen LogP contribution is -2.33. The van der Waals surface area contributed by atoms with E-state index in [1.165, 1.54) is 0 Å². The number of nitrogens with zero attached hydrogens (tertiary/aromatic N) is 4. The van der Waals surface area contributed by atoms with Crippen molar-refractivity contribution in [1.82, 2.24) is 14.9 Å². The van der Waals surface area contributed by atoms with Gasteiger partial charge in [-0.25, -0.2) is 4.98 Å². The van der Waals surface area contributed by atoms with E-state index in [1.807, 2.05) is 0 Å². The first-order chi connectivity index (χ1) is 10.7. The molecule has 1 aromatic rings. The van der Waals surface area contributed by atoms with Crippen molar-refractivity contribution < 1.29 is 14.6 Å². The fourth-order valence-corrected chi connectivity index (χ4v) is 2.85. The Hall–Kier alpha value is -1.44. The molecule has 2 atom stereocenters. The minimum absolute atomic E-state index is 0.184. The van der Waals surface area contributed by atoms with E-state index in [4.69, 9.17) is 9.47 Å². The van der Waals surface area contributed by atoms with Crippen molar-refractivity contribution in [1.29, 1.82) is 0 Å². The summed E-state index contributed by atoms with van der Waals surface area (Å²) in [5, 5.41) is 9.66. The second-order valence-corrected chi connectivity index (χ2v) is 5.76. The third kappa shape index (κ3) is 4.28. The summed E-state index contributed by atoms with van der Waals surface area (Å²) >= 11 is 0. The summed E-state index contributed by atoms with van der Waals surface area (Å²) in [6.07, 6.45) is 1.70. The first-order valence-corrected chi connectivity index (χ1v) is 7.58. The van der Waals surface area contributed by atoms with Crippen molar-refractivity contribution in [3.63, 3.8) is 0 Å². The minimum Gasteiger partial charge on any atom is -0.481 e. The lowest BCUT2D eigenvalue weighted by Gasteiger charge is -2.23. The highest BCUT2D eigenvalue weighted by Gasteiger charge is 2.34. The van der Waals surface area contributed by atoms with Crippen LogP contribution in [0.2, 0.25) is 0 Å². The number of anilines is 1. The molecular formula is C15H26N4O3. The maximum absolute atomic E-state index is 9.66. The van der Waals surface area contributed by atoms with Gasteiger partial charge >= 0.3 is 0 Å². The molecule has 0 bridgehead atoms. The molecule has 22 heavy (non-hydrogen) atoms. The summed E-state index contributed by atoms with van der Waals surface area (Å²) in [7, 11) is 5.39. The fourth-order valence-electron chi connectivity index (χ4n) is 2.85. The van der Waals surface area contributed by atoms with Gasteiger partial charge in [-0.15, -0.1) is 0 Å². The summed E-state index contributed by atoms with van der Waals surface area (Å²) < 4.78 is 10.3. The predicted octanol–water partition coefficient (Wildman–Crippen LogP) is 0.108. The number of aliphatic hydroxyl groups excluding tert-OH is 1. The molecule has 7 heteroatoms. The van der Waals surface area contributed by atoms with E-state index in [1.54, 1.807) is 26.5 Å².